The largest absolute Gasteiger partial charge is 0.392 e. The molecule has 0 spiro atoms. The average molecular weight is 163 g/mol. The van der Waals surface area contributed by atoms with Gasteiger partial charge in [0.2, 0.25) is 0 Å². The molecule has 0 aromatic heterocycles. The minimum atomic E-state index is 0.122. The zero-order valence-corrected chi connectivity index (χ0v) is 6.90. The molecule has 0 heterocycles. The fraction of sp³-hybridized carbons (Fsp3) is 0.400. The zero-order chi connectivity index (χ0) is 8.55. The quantitative estimate of drug-likeness (QED) is 0.683. The van der Waals surface area contributed by atoms with Gasteiger partial charge in [0.25, 0.3) is 0 Å². The zero-order valence-electron chi connectivity index (χ0n) is 6.90. The highest BCUT2D eigenvalue weighted by molar-refractivity contribution is 5.30. The van der Waals surface area contributed by atoms with Crippen LogP contribution in [0.5, 0.6) is 0 Å². The van der Waals surface area contributed by atoms with Crippen LogP contribution in [0.3, 0.4) is 0 Å². The van der Waals surface area contributed by atoms with Crippen LogP contribution >= 0.6 is 0 Å². The van der Waals surface area contributed by atoms with Gasteiger partial charge in [-0.25, -0.2) is 0 Å². The van der Waals surface area contributed by atoms with Gasteiger partial charge in [-0.3, -0.25) is 0 Å². The second-order valence-electron chi connectivity index (χ2n) is 3.41. The average Bonchev–Trinajstić information content (AvgIpc) is 2.83. The molecule has 1 aromatic carbocycles. The van der Waals surface area contributed by atoms with Crippen molar-refractivity contribution < 1.29 is 5.11 Å². The number of hydrogen-bond donors (Lipinski definition) is 2. The molecular weight excluding hydrogens is 150 g/mol. The van der Waals surface area contributed by atoms with Crippen LogP contribution in [0.4, 0.5) is 0 Å². The monoisotopic (exact) mass is 163 g/mol. The minimum absolute atomic E-state index is 0.122. The molecule has 0 radical (unpaired) electrons. The van der Waals surface area contributed by atoms with Crippen LogP contribution in [-0.2, 0) is 6.61 Å². The Morgan fingerprint density at radius 1 is 1.33 bits per heavy atom. The predicted octanol–water partition coefficient (Wildman–Crippen LogP) is 0.994. The van der Waals surface area contributed by atoms with E-state index in [9.17, 15) is 0 Å². The van der Waals surface area contributed by atoms with Gasteiger partial charge in [0, 0.05) is 12.0 Å². The normalized spacial score (nSPS) is 27.2. The number of nitrogens with two attached hydrogens (primary N) is 1. The first kappa shape index (κ1) is 7.77. The molecule has 3 N–H and O–H groups in total. The van der Waals surface area contributed by atoms with Crippen molar-refractivity contribution in [3.63, 3.8) is 0 Å². The molecule has 1 fully saturated rings. The molecule has 0 amide bonds. The topological polar surface area (TPSA) is 46.2 Å². The summed E-state index contributed by atoms with van der Waals surface area (Å²) in [5.74, 6) is 0.567. The maximum Gasteiger partial charge on any atom is 0.0681 e. The van der Waals surface area contributed by atoms with Gasteiger partial charge in [0.05, 0.1) is 6.61 Å². The molecule has 2 heteroatoms. The van der Waals surface area contributed by atoms with E-state index in [0.29, 0.717) is 12.0 Å². The SMILES string of the molecule is NC1CC1c1ccc(CO)cc1. The number of aliphatic hydroxyl groups is 1. The molecule has 2 rings (SSSR count). The summed E-state index contributed by atoms with van der Waals surface area (Å²) in [5.41, 5.74) is 7.99. The van der Waals surface area contributed by atoms with Gasteiger partial charge in [0.15, 0.2) is 0 Å². The van der Waals surface area contributed by atoms with Crippen LogP contribution in [0.2, 0.25) is 0 Å². The fourth-order valence-corrected chi connectivity index (χ4v) is 1.47. The molecule has 64 valence electrons. The summed E-state index contributed by atoms with van der Waals surface area (Å²) in [7, 11) is 0. The Morgan fingerprint density at radius 3 is 2.33 bits per heavy atom. The van der Waals surface area contributed by atoms with Crippen molar-refractivity contribution in [2.45, 2.75) is 25.0 Å². The third-order valence-electron chi connectivity index (χ3n) is 2.43. The van der Waals surface area contributed by atoms with Crippen molar-refractivity contribution >= 4 is 0 Å². The molecule has 0 bridgehead atoms. The first-order valence-electron chi connectivity index (χ1n) is 4.26. The van der Waals surface area contributed by atoms with Crippen LogP contribution in [0.1, 0.15) is 23.5 Å². The molecule has 2 unspecified atom stereocenters. The van der Waals surface area contributed by atoms with Crippen molar-refractivity contribution in [3.05, 3.63) is 35.4 Å². The van der Waals surface area contributed by atoms with Crippen molar-refractivity contribution in [3.8, 4) is 0 Å². The molecule has 0 aliphatic heterocycles. The Labute approximate surface area is 72.0 Å². The third kappa shape index (κ3) is 1.36. The van der Waals surface area contributed by atoms with E-state index in [0.717, 1.165) is 12.0 Å². The van der Waals surface area contributed by atoms with E-state index in [2.05, 4.69) is 12.1 Å². The highest BCUT2D eigenvalue weighted by Gasteiger charge is 2.34. The van der Waals surface area contributed by atoms with Gasteiger partial charge in [-0.05, 0) is 17.5 Å². The van der Waals surface area contributed by atoms with Crippen molar-refractivity contribution in [2.75, 3.05) is 0 Å². The summed E-state index contributed by atoms with van der Waals surface area (Å²) in [4.78, 5) is 0. The Morgan fingerprint density at radius 2 is 1.92 bits per heavy atom. The fourth-order valence-electron chi connectivity index (χ4n) is 1.47. The first-order valence-corrected chi connectivity index (χ1v) is 4.26. The Bertz CT molecular complexity index is 268. The van der Waals surface area contributed by atoms with Gasteiger partial charge in [-0.2, -0.15) is 0 Å². The predicted molar refractivity (Wildman–Crippen MR) is 47.7 cm³/mol. The molecule has 1 saturated carbocycles. The van der Waals surface area contributed by atoms with E-state index in [1.807, 2.05) is 12.1 Å². The van der Waals surface area contributed by atoms with Crippen LogP contribution in [0.15, 0.2) is 24.3 Å². The van der Waals surface area contributed by atoms with E-state index < -0.39 is 0 Å². The Hall–Kier alpha value is -0.860. The van der Waals surface area contributed by atoms with Crippen molar-refractivity contribution in [1.29, 1.82) is 0 Å². The standard InChI is InChI=1S/C10H13NO/c11-10-5-9(10)8-3-1-7(6-12)2-4-8/h1-4,9-10,12H,5-6,11H2. The van der Waals surface area contributed by atoms with Crippen LogP contribution in [0, 0.1) is 0 Å². The minimum Gasteiger partial charge on any atom is -0.392 e. The maximum atomic E-state index is 8.81. The molecule has 2 nitrogen and oxygen atoms in total. The van der Waals surface area contributed by atoms with Crippen molar-refractivity contribution in [2.24, 2.45) is 5.73 Å². The van der Waals surface area contributed by atoms with Gasteiger partial charge < -0.3 is 10.8 Å². The Balaban J connectivity index is 2.14. The van der Waals surface area contributed by atoms with Gasteiger partial charge >= 0.3 is 0 Å². The summed E-state index contributed by atoms with van der Waals surface area (Å²) in [6, 6.07) is 8.40. The molecular formula is C10H13NO. The summed E-state index contributed by atoms with van der Waals surface area (Å²) < 4.78 is 0. The van der Waals surface area contributed by atoms with Crippen LogP contribution in [0.25, 0.3) is 0 Å². The summed E-state index contributed by atoms with van der Waals surface area (Å²) in [5, 5.41) is 8.81. The highest BCUT2D eigenvalue weighted by Crippen LogP contribution is 2.38. The lowest BCUT2D eigenvalue weighted by Gasteiger charge is -1.99. The Kier molecular flexibility index (Phi) is 1.87. The van der Waals surface area contributed by atoms with Gasteiger partial charge in [-0.1, -0.05) is 24.3 Å². The lowest BCUT2D eigenvalue weighted by Crippen LogP contribution is -2.00. The lowest BCUT2D eigenvalue weighted by atomic mass is 10.1. The van der Waals surface area contributed by atoms with Crippen LogP contribution < -0.4 is 5.73 Å². The van der Waals surface area contributed by atoms with E-state index in [1.165, 1.54) is 5.56 Å². The van der Waals surface area contributed by atoms with E-state index in [1.54, 1.807) is 0 Å². The molecule has 1 aliphatic rings. The maximum absolute atomic E-state index is 8.81. The summed E-state index contributed by atoms with van der Waals surface area (Å²) in [6.07, 6.45) is 1.11. The molecule has 1 aromatic rings. The van der Waals surface area contributed by atoms with Gasteiger partial charge in [-0.15, -0.1) is 0 Å². The van der Waals surface area contributed by atoms with Crippen LogP contribution in [-0.4, -0.2) is 11.1 Å². The lowest BCUT2D eigenvalue weighted by molar-refractivity contribution is 0.282. The number of benzene rings is 1. The van der Waals surface area contributed by atoms with Crippen molar-refractivity contribution in [1.82, 2.24) is 0 Å². The number of aliphatic hydroxyl groups excluding tert-OH is 1. The highest BCUT2D eigenvalue weighted by atomic mass is 16.3. The second-order valence-corrected chi connectivity index (χ2v) is 3.41. The summed E-state index contributed by atoms with van der Waals surface area (Å²) in [6.45, 7) is 0.122. The smallest absolute Gasteiger partial charge is 0.0681 e. The molecule has 2 atom stereocenters. The van der Waals surface area contributed by atoms with Gasteiger partial charge in [0.1, 0.15) is 0 Å². The molecule has 12 heavy (non-hydrogen) atoms. The first-order chi connectivity index (χ1) is 5.81. The third-order valence-corrected chi connectivity index (χ3v) is 2.43. The number of rotatable bonds is 2. The van der Waals surface area contributed by atoms with E-state index >= 15 is 0 Å². The molecule has 1 aliphatic carbocycles. The van der Waals surface area contributed by atoms with E-state index in [-0.39, 0.29) is 6.61 Å². The second kappa shape index (κ2) is 2.88. The summed E-state index contributed by atoms with van der Waals surface area (Å²) >= 11 is 0. The molecule has 0 saturated heterocycles. The van der Waals surface area contributed by atoms with E-state index in [4.69, 9.17) is 10.8 Å². The number of hydrogen-bond acceptors (Lipinski definition) is 2.